The molecule has 3 rings (SSSR count). The Balaban J connectivity index is 1.65. The molecule has 0 bridgehead atoms. The number of benzene rings is 2. The Morgan fingerprint density at radius 2 is 1.80 bits per heavy atom. The second-order valence-corrected chi connectivity index (χ2v) is 9.76. The summed E-state index contributed by atoms with van der Waals surface area (Å²) in [7, 11) is -3.70. The van der Waals surface area contributed by atoms with Crippen molar-refractivity contribution in [2.75, 3.05) is 23.7 Å². The predicted octanol–water partition coefficient (Wildman–Crippen LogP) is 3.66. The molecule has 9 nitrogen and oxygen atoms in total. The summed E-state index contributed by atoms with van der Waals surface area (Å²) in [6, 6.07) is 15.6. The second-order valence-electron chi connectivity index (χ2n) is 7.85. The van der Waals surface area contributed by atoms with Crippen LogP contribution in [-0.2, 0) is 19.6 Å². The number of anilines is 1. The quantitative estimate of drug-likeness (QED) is 0.274. The zero-order valence-corrected chi connectivity index (χ0v) is 20.8. The first-order chi connectivity index (χ1) is 16.6. The molecule has 35 heavy (non-hydrogen) atoms. The fourth-order valence-corrected chi connectivity index (χ4v) is 4.17. The molecule has 0 spiro atoms. The summed E-state index contributed by atoms with van der Waals surface area (Å²) in [6.45, 7) is 5.25. The maximum atomic E-state index is 12.4. The topological polar surface area (TPSA) is 118 Å². The summed E-state index contributed by atoms with van der Waals surface area (Å²) in [4.78, 5) is 24.2. The van der Waals surface area contributed by atoms with Gasteiger partial charge in [0.1, 0.15) is 18.1 Å². The summed E-state index contributed by atoms with van der Waals surface area (Å²) < 4.78 is 36.4. The van der Waals surface area contributed by atoms with Crippen molar-refractivity contribution in [2.45, 2.75) is 20.8 Å². The third-order valence-electron chi connectivity index (χ3n) is 5.01. The lowest BCUT2D eigenvalue weighted by Crippen LogP contribution is -2.39. The Morgan fingerprint density at radius 1 is 1.09 bits per heavy atom. The molecule has 0 unspecified atom stereocenters. The molecule has 3 aromatic rings. The number of furan rings is 1. The fourth-order valence-electron chi connectivity index (χ4n) is 3.27. The summed E-state index contributed by atoms with van der Waals surface area (Å²) in [5.41, 5.74) is 5.57. The van der Waals surface area contributed by atoms with Crippen LogP contribution in [0.3, 0.4) is 0 Å². The molecule has 0 aliphatic heterocycles. The van der Waals surface area contributed by atoms with E-state index in [0.717, 1.165) is 27.3 Å². The zero-order chi connectivity index (χ0) is 25.6. The highest BCUT2D eigenvalue weighted by Crippen LogP contribution is 2.24. The number of carbonyl (C=O) groups is 2. The van der Waals surface area contributed by atoms with E-state index in [4.69, 9.17) is 9.15 Å². The van der Waals surface area contributed by atoms with Gasteiger partial charge in [0.05, 0.1) is 30.3 Å². The Bertz CT molecular complexity index is 1340. The van der Waals surface area contributed by atoms with Crippen LogP contribution >= 0.6 is 0 Å². The van der Waals surface area contributed by atoms with Crippen LogP contribution in [0.1, 0.15) is 34.2 Å². The Kier molecular flexibility index (Phi) is 8.08. The number of nitrogens with zero attached hydrogens (tertiary/aromatic N) is 2. The standard InChI is InChI=1S/C25H27N3O6S/c1-5-33-25(30)20-10-8-19(9-11-20)23-13-12-21(34-23)15-26-27-24(29)16-28(35(4,31)32)22-14-17(2)6-7-18(22)3/h6-15H,5,16H2,1-4H3,(H,27,29)/b26-15-. The van der Waals surface area contributed by atoms with Crippen molar-refractivity contribution in [1.29, 1.82) is 0 Å². The smallest absolute Gasteiger partial charge is 0.338 e. The van der Waals surface area contributed by atoms with Crippen molar-refractivity contribution < 1.29 is 27.2 Å². The molecular formula is C25H27N3O6S. The lowest BCUT2D eigenvalue weighted by Gasteiger charge is -2.23. The van der Waals surface area contributed by atoms with Gasteiger partial charge in [-0.1, -0.05) is 24.3 Å². The van der Waals surface area contributed by atoms with E-state index in [0.29, 0.717) is 29.4 Å². The van der Waals surface area contributed by atoms with Gasteiger partial charge >= 0.3 is 5.97 Å². The minimum atomic E-state index is -3.70. The second kappa shape index (κ2) is 11.0. The van der Waals surface area contributed by atoms with Gasteiger partial charge in [0.2, 0.25) is 10.0 Å². The van der Waals surface area contributed by atoms with Crippen molar-refractivity contribution >= 4 is 33.8 Å². The first kappa shape index (κ1) is 25.7. The number of esters is 1. The highest BCUT2D eigenvalue weighted by Gasteiger charge is 2.22. The van der Waals surface area contributed by atoms with Crippen LogP contribution in [0.2, 0.25) is 0 Å². The maximum Gasteiger partial charge on any atom is 0.338 e. The molecule has 10 heteroatoms. The molecule has 0 atom stereocenters. The summed E-state index contributed by atoms with van der Waals surface area (Å²) >= 11 is 0. The minimum absolute atomic E-state index is 0.301. The number of hydrazone groups is 1. The highest BCUT2D eigenvalue weighted by atomic mass is 32.2. The van der Waals surface area contributed by atoms with Crippen molar-refractivity contribution in [3.63, 3.8) is 0 Å². The summed E-state index contributed by atoms with van der Waals surface area (Å²) in [6.07, 6.45) is 2.37. The molecule has 2 aromatic carbocycles. The van der Waals surface area contributed by atoms with E-state index in [1.165, 1.54) is 6.21 Å². The average Bonchev–Trinajstić information content (AvgIpc) is 3.28. The van der Waals surface area contributed by atoms with Crippen LogP contribution in [0.5, 0.6) is 0 Å². The van der Waals surface area contributed by atoms with Crippen molar-refractivity contribution in [2.24, 2.45) is 5.10 Å². The van der Waals surface area contributed by atoms with Gasteiger partial charge in [-0.05, 0) is 62.2 Å². The van der Waals surface area contributed by atoms with Crippen LogP contribution in [-0.4, -0.2) is 45.9 Å². The summed E-state index contributed by atoms with van der Waals surface area (Å²) in [5, 5.41) is 3.87. The normalized spacial score (nSPS) is 11.4. The van der Waals surface area contributed by atoms with Gasteiger partial charge in [-0.3, -0.25) is 9.10 Å². The first-order valence-electron chi connectivity index (χ1n) is 10.8. The SMILES string of the molecule is CCOC(=O)c1ccc(-c2ccc(/C=N\NC(=O)CN(c3cc(C)ccc3C)S(C)(=O)=O)o2)cc1. The van der Waals surface area contributed by atoms with Gasteiger partial charge in [0, 0.05) is 5.56 Å². The van der Waals surface area contributed by atoms with Crippen LogP contribution in [0.4, 0.5) is 5.69 Å². The molecule has 0 aliphatic rings. The van der Waals surface area contributed by atoms with Crippen molar-refractivity contribution in [1.82, 2.24) is 5.43 Å². The van der Waals surface area contributed by atoms with E-state index >= 15 is 0 Å². The van der Waals surface area contributed by atoms with Crippen molar-refractivity contribution in [3.05, 3.63) is 77.0 Å². The number of aryl methyl sites for hydroxylation is 2. The number of carbonyl (C=O) groups excluding carboxylic acids is 2. The Labute approximate surface area is 204 Å². The van der Waals surface area contributed by atoms with Crippen LogP contribution in [0.15, 0.2) is 64.1 Å². The van der Waals surface area contributed by atoms with E-state index in [-0.39, 0.29) is 0 Å². The molecule has 0 aliphatic carbocycles. The summed E-state index contributed by atoms with van der Waals surface area (Å²) in [5.74, 6) is -0.0707. The average molecular weight is 498 g/mol. The maximum absolute atomic E-state index is 12.4. The first-order valence-corrected chi connectivity index (χ1v) is 12.7. The van der Waals surface area contributed by atoms with E-state index in [1.807, 2.05) is 13.0 Å². The monoisotopic (exact) mass is 497 g/mol. The third-order valence-corrected chi connectivity index (χ3v) is 6.14. The van der Waals surface area contributed by atoms with Gasteiger partial charge in [0.25, 0.3) is 5.91 Å². The fraction of sp³-hybridized carbons (Fsp3) is 0.240. The van der Waals surface area contributed by atoms with E-state index < -0.39 is 28.4 Å². The molecule has 0 fully saturated rings. The molecule has 1 heterocycles. The lowest BCUT2D eigenvalue weighted by molar-refractivity contribution is -0.119. The molecule has 1 amide bonds. The minimum Gasteiger partial charge on any atom is -0.462 e. The molecule has 0 saturated carbocycles. The number of amides is 1. The number of ether oxygens (including phenoxy) is 1. The Hall–Kier alpha value is -3.92. The lowest BCUT2D eigenvalue weighted by atomic mass is 10.1. The van der Waals surface area contributed by atoms with Gasteiger partial charge < -0.3 is 9.15 Å². The van der Waals surface area contributed by atoms with E-state index in [2.05, 4.69) is 10.5 Å². The predicted molar refractivity (Wildman–Crippen MR) is 134 cm³/mol. The largest absolute Gasteiger partial charge is 0.462 e. The van der Waals surface area contributed by atoms with Crippen LogP contribution in [0, 0.1) is 13.8 Å². The number of hydrogen-bond donors (Lipinski definition) is 1. The molecule has 1 N–H and O–H groups in total. The van der Waals surface area contributed by atoms with Crippen molar-refractivity contribution in [3.8, 4) is 11.3 Å². The van der Waals surface area contributed by atoms with Gasteiger partial charge in [-0.15, -0.1) is 0 Å². The molecule has 184 valence electrons. The highest BCUT2D eigenvalue weighted by molar-refractivity contribution is 7.92. The molecular weight excluding hydrogens is 470 g/mol. The number of rotatable bonds is 9. The number of hydrogen-bond acceptors (Lipinski definition) is 7. The Morgan fingerprint density at radius 3 is 2.46 bits per heavy atom. The van der Waals surface area contributed by atoms with E-state index in [9.17, 15) is 18.0 Å². The molecule has 0 saturated heterocycles. The van der Waals surface area contributed by atoms with Crippen LogP contribution < -0.4 is 9.73 Å². The number of sulfonamides is 1. The third kappa shape index (κ3) is 6.80. The molecule has 1 aromatic heterocycles. The zero-order valence-electron chi connectivity index (χ0n) is 19.9. The van der Waals surface area contributed by atoms with Gasteiger partial charge in [-0.2, -0.15) is 5.10 Å². The number of nitrogens with one attached hydrogen (secondary N) is 1. The van der Waals surface area contributed by atoms with Crippen LogP contribution in [0.25, 0.3) is 11.3 Å². The van der Waals surface area contributed by atoms with E-state index in [1.54, 1.807) is 62.4 Å². The van der Waals surface area contributed by atoms with Gasteiger partial charge in [0.15, 0.2) is 0 Å². The molecule has 0 radical (unpaired) electrons. The van der Waals surface area contributed by atoms with Gasteiger partial charge in [-0.25, -0.2) is 18.6 Å².